The minimum atomic E-state index is -0.112. The van der Waals surface area contributed by atoms with Gasteiger partial charge >= 0.3 is 0 Å². The van der Waals surface area contributed by atoms with Crippen molar-refractivity contribution in [1.29, 1.82) is 0 Å². The Hall–Kier alpha value is -2.86. The number of aliphatic hydroxyl groups excluding tert-OH is 1. The second kappa shape index (κ2) is 11.0. The summed E-state index contributed by atoms with van der Waals surface area (Å²) in [4.78, 5) is 16.3. The van der Waals surface area contributed by atoms with Gasteiger partial charge in [-0.2, -0.15) is 0 Å². The standard InChI is InChI=1S/C21H28N4O2/c1-3-23-21(25-14-19(15-26)17-9-5-4-6-10-17)24-13-16-8-7-11-18(12-16)20(27)22-2/h4-12,19,26H,3,13-15H2,1-2H3,(H,22,27)(H2,23,24,25). The molecule has 0 spiro atoms. The summed E-state index contributed by atoms with van der Waals surface area (Å²) in [7, 11) is 1.62. The predicted octanol–water partition coefficient (Wildman–Crippen LogP) is 1.88. The van der Waals surface area contributed by atoms with Crippen molar-refractivity contribution in [2.45, 2.75) is 19.4 Å². The van der Waals surface area contributed by atoms with Crippen LogP contribution in [0.3, 0.4) is 0 Å². The first kappa shape index (κ1) is 20.5. The smallest absolute Gasteiger partial charge is 0.251 e. The van der Waals surface area contributed by atoms with Gasteiger partial charge in [0.05, 0.1) is 13.2 Å². The van der Waals surface area contributed by atoms with Crippen LogP contribution in [0, 0.1) is 0 Å². The van der Waals surface area contributed by atoms with Gasteiger partial charge in [0.25, 0.3) is 5.91 Å². The summed E-state index contributed by atoms with van der Waals surface area (Å²) in [6, 6.07) is 17.3. The third kappa shape index (κ3) is 6.42. The van der Waals surface area contributed by atoms with Crippen molar-refractivity contribution in [2.24, 2.45) is 4.99 Å². The quantitative estimate of drug-likeness (QED) is 0.423. The summed E-state index contributed by atoms with van der Waals surface area (Å²) in [5.74, 6) is 0.559. The summed E-state index contributed by atoms with van der Waals surface area (Å²) in [6.45, 7) is 3.83. The Morgan fingerprint density at radius 3 is 2.56 bits per heavy atom. The molecule has 6 heteroatoms. The minimum Gasteiger partial charge on any atom is -0.396 e. The maximum absolute atomic E-state index is 11.8. The molecule has 0 aliphatic carbocycles. The molecule has 0 fully saturated rings. The van der Waals surface area contributed by atoms with Crippen molar-refractivity contribution in [1.82, 2.24) is 16.0 Å². The molecule has 6 nitrogen and oxygen atoms in total. The van der Waals surface area contributed by atoms with Crippen molar-refractivity contribution in [2.75, 3.05) is 26.7 Å². The topological polar surface area (TPSA) is 85.8 Å². The molecule has 1 atom stereocenters. The van der Waals surface area contributed by atoms with E-state index in [1.54, 1.807) is 13.1 Å². The average molecular weight is 368 g/mol. The SMILES string of the molecule is CCNC(=NCc1cccc(C(=O)NC)c1)NCC(CO)c1ccccc1. The van der Waals surface area contributed by atoms with Crippen molar-refractivity contribution < 1.29 is 9.90 Å². The van der Waals surface area contributed by atoms with Crippen LogP contribution in [0.25, 0.3) is 0 Å². The predicted molar refractivity (Wildman–Crippen MR) is 109 cm³/mol. The van der Waals surface area contributed by atoms with E-state index < -0.39 is 0 Å². The van der Waals surface area contributed by atoms with E-state index in [1.165, 1.54) is 0 Å². The molecule has 4 N–H and O–H groups in total. The molecule has 0 radical (unpaired) electrons. The molecular weight excluding hydrogens is 340 g/mol. The van der Waals surface area contributed by atoms with Crippen LogP contribution in [-0.2, 0) is 6.54 Å². The lowest BCUT2D eigenvalue weighted by Gasteiger charge is -2.18. The fraction of sp³-hybridized carbons (Fsp3) is 0.333. The third-order valence-corrected chi connectivity index (χ3v) is 4.19. The lowest BCUT2D eigenvalue weighted by Crippen LogP contribution is -2.39. The Morgan fingerprint density at radius 2 is 1.89 bits per heavy atom. The monoisotopic (exact) mass is 368 g/mol. The van der Waals surface area contributed by atoms with E-state index in [4.69, 9.17) is 0 Å². The number of nitrogens with zero attached hydrogens (tertiary/aromatic N) is 1. The van der Waals surface area contributed by atoms with Gasteiger partial charge in [-0.3, -0.25) is 4.79 Å². The van der Waals surface area contributed by atoms with Crippen molar-refractivity contribution in [3.8, 4) is 0 Å². The van der Waals surface area contributed by atoms with E-state index >= 15 is 0 Å². The lowest BCUT2D eigenvalue weighted by atomic mass is 10.0. The molecular formula is C21H28N4O2. The van der Waals surface area contributed by atoms with E-state index in [2.05, 4.69) is 20.9 Å². The number of hydrogen-bond acceptors (Lipinski definition) is 3. The summed E-state index contributed by atoms with van der Waals surface area (Å²) >= 11 is 0. The summed E-state index contributed by atoms with van der Waals surface area (Å²) < 4.78 is 0. The van der Waals surface area contributed by atoms with E-state index in [0.717, 1.165) is 17.7 Å². The van der Waals surface area contributed by atoms with Crippen LogP contribution in [0.15, 0.2) is 59.6 Å². The number of guanidine groups is 1. The summed E-state index contributed by atoms with van der Waals surface area (Å²) in [6.07, 6.45) is 0. The molecule has 0 aliphatic heterocycles. The normalized spacial score (nSPS) is 12.3. The zero-order valence-corrected chi connectivity index (χ0v) is 15.9. The van der Waals surface area contributed by atoms with E-state index in [0.29, 0.717) is 24.6 Å². The van der Waals surface area contributed by atoms with Crippen LogP contribution in [-0.4, -0.2) is 43.7 Å². The van der Waals surface area contributed by atoms with Crippen molar-refractivity contribution in [3.63, 3.8) is 0 Å². The molecule has 1 unspecified atom stereocenters. The molecule has 144 valence electrons. The molecule has 1 amide bonds. The van der Waals surface area contributed by atoms with Gasteiger partial charge in [0.2, 0.25) is 0 Å². The highest BCUT2D eigenvalue weighted by Gasteiger charge is 2.11. The van der Waals surface area contributed by atoms with E-state index in [1.807, 2.05) is 55.5 Å². The number of rotatable bonds is 8. The third-order valence-electron chi connectivity index (χ3n) is 4.19. The zero-order chi connectivity index (χ0) is 19.5. The van der Waals surface area contributed by atoms with Crippen LogP contribution in [0.4, 0.5) is 0 Å². The molecule has 2 aromatic carbocycles. The van der Waals surface area contributed by atoms with Gasteiger partial charge in [-0.15, -0.1) is 0 Å². The van der Waals surface area contributed by atoms with Crippen LogP contribution in [0.5, 0.6) is 0 Å². The summed E-state index contributed by atoms with van der Waals surface area (Å²) in [5, 5.41) is 18.8. The fourth-order valence-electron chi connectivity index (χ4n) is 2.70. The highest BCUT2D eigenvalue weighted by molar-refractivity contribution is 5.94. The van der Waals surface area contributed by atoms with Gasteiger partial charge in [-0.1, -0.05) is 42.5 Å². The number of aliphatic hydroxyl groups is 1. The van der Waals surface area contributed by atoms with E-state index in [-0.39, 0.29) is 18.4 Å². The zero-order valence-electron chi connectivity index (χ0n) is 15.9. The van der Waals surface area contributed by atoms with Gasteiger partial charge in [0.1, 0.15) is 0 Å². The molecule has 0 aliphatic rings. The minimum absolute atomic E-state index is 0.00775. The van der Waals surface area contributed by atoms with Gasteiger partial charge in [-0.25, -0.2) is 4.99 Å². The molecule has 0 saturated carbocycles. The number of carbonyl (C=O) groups excluding carboxylic acids is 1. The Kier molecular flexibility index (Phi) is 8.32. The first-order valence-corrected chi connectivity index (χ1v) is 9.17. The number of amides is 1. The summed E-state index contributed by atoms with van der Waals surface area (Å²) in [5.41, 5.74) is 2.66. The Morgan fingerprint density at radius 1 is 1.11 bits per heavy atom. The number of benzene rings is 2. The average Bonchev–Trinajstić information content (AvgIpc) is 2.72. The lowest BCUT2D eigenvalue weighted by molar-refractivity contribution is 0.0963. The number of nitrogens with one attached hydrogen (secondary N) is 3. The number of hydrogen-bond donors (Lipinski definition) is 4. The number of carbonyl (C=O) groups is 1. The Bertz CT molecular complexity index is 747. The van der Waals surface area contributed by atoms with E-state index in [9.17, 15) is 9.90 Å². The van der Waals surface area contributed by atoms with Crippen molar-refractivity contribution in [3.05, 3.63) is 71.3 Å². The molecule has 0 heterocycles. The van der Waals surface area contributed by atoms with Crippen LogP contribution in [0.1, 0.15) is 34.3 Å². The first-order valence-electron chi connectivity index (χ1n) is 9.17. The highest BCUT2D eigenvalue weighted by atomic mass is 16.3. The van der Waals surface area contributed by atoms with Gasteiger partial charge in [0, 0.05) is 31.6 Å². The molecule has 2 rings (SSSR count). The van der Waals surface area contributed by atoms with Crippen LogP contribution < -0.4 is 16.0 Å². The second-order valence-electron chi connectivity index (χ2n) is 6.15. The largest absolute Gasteiger partial charge is 0.396 e. The molecule has 2 aromatic rings. The van der Waals surface area contributed by atoms with Crippen LogP contribution in [0.2, 0.25) is 0 Å². The van der Waals surface area contributed by atoms with Gasteiger partial charge in [-0.05, 0) is 30.2 Å². The molecule has 0 aromatic heterocycles. The van der Waals surface area contributed by atoms with Crippen molar-refractivity contribution >= 4 is 11.9 Å². The molecule has 0 saturated heterocycles. The van der Waals surface area contributed by atoms with Crippen LogP contribution >= 0.6 is 0 Å². The fourth-order valence-corrected chi connectivity index (χ4v) is 2.70. The first-order chi connectivity index (χ1) is 13.2. The maximum atomic E-state index is 11.8. The maximum Gasteiger partial charge on any atom is 0.251 e. The Labute approximate surface area is 160 Å². The molecule has 0 bridgehead atoms. The molecule has 27 heavy (non-hydrogen) atoms. The Balaban J connectivity index is 2.02. The highest BCUT2D eigenvalue weighted by Crippen LogP contribution is 2.13. The number of aliphatic imine (C=N–C) groups is 1. The van der Waals surface area contributed by atoms with Gasteiger partial charge in [0.15, 0.2) is 5.96 Å². The van der Waals surface area contributed by atoms with Gasteiger partial charge < -0.3 is 21.1 Å². The second-order valence-corrected chi connectivity index (χ2v) is 6.15.